The Bertz CT molecular complexity index is 918. The molecule has 1 aliphatic heterocycles. The van der Waals surface area contributed by atoms with Gasteiger partial charge in [0.25, 0.3) is 0 Å². The highest BCUT2D eigenvalue weighted by molar-refractivity contribution is 6.22. The lowest BCUT2D eigenvalue weighted by Gasteiger charge is -2.37. The first kappa shape index (κ1) is 16.2. The van der Waals surface area contributed by atoms with Crippen LogP contribution in [0.15, 0.2) is 30.4 Å². The molecule has 1 aromatic rings. The van der Waals surface area contributed by atoms with E-state index in [0.29, 0.717) is 11.8 Å². The Kier molecular flexibility index (Phi) is 3.14. The van der Waals surface area contributed by atoms with Crippen LogP contribution in [0, 0.1) is 45.6 Å². The van der Waals surface area contributed by atoms with Crippen LogP contribution in [-0.2, 0) is 14.4 Å². The summed E-state index contributed by atoms with van der Waals surface area (Å²) < 4.78 is 4.86. The monoisotopic (exact) mass is 368 g/mol. The number of carbonyl (C=O) groups is 3. The molecule has 5 aliphatic rings. The summed E-state index contributed by atoms with van der Waals surface area (Å²) in [6, 6.07) is 3.79. The molecule has 0 spiro atoms. The first-order chi connectivity index (χ1) is 12.9. The van der Waals surface area contributed by atoms with E-state index in [2.05, 4.69) is 12.2 Å². The van der Waals surface area contributed by atoms with Crippen molar-refractivity contribution in [2.24, 2.45) is 35.5 Å². The third-order valence-corrected chi connectivity index (χ3v) is 6.31. The van der Waals surface area contributed by atoms with Gasteiger partial charge in [0.05, 0.1) is 22.4 Å². The van der Waals surface area contributed by atoms with Crippen molar-refractivity contribution >= 4 is 29.2 Å². The highest BCUT2D eigenvalue weighted by atomic mass is 16.6. The number of hydrogen-bond donors (Lipinski definition) is 0. The number of benzene rings is 1. The Morgan fingerprint density at radius 1 is 1.15 bits per heavy atom. The van der Waals surface area contributed by atoms with Gasteiger partial charge in [-0.05, 0) is 42.2 Å². The summed E-state index contributed by atoms with van der Waals surface area (Å²) in [6.07, 6.45) is 5.21. The van der Waals surface area contributed by atoms with E-state index in [1.165, 1.54) is 12.1 Å². The smallest absolute Gasteiger partial charge is 0.313 e. The summed E-state index contributed by atoms with van der Waals surface area (Å²) in [6.45, 7) is 1.14. The number of imide groups is 1. The fourth-order valence-electron chi connectivity index (χ4n) is 5.24. The molecule has 27 heavy (non-hydrogen) atoms. The maximum Gasteiger partial charge on any atom is 0.313 e. The third kappa shape index (κ3) is 2.12. The number of nitro groups is 1. The normalized spacial score (nSPS) is 35.1. The van der Waals surface area contributed by atoms with Crippen LogP contribution in [0.25, 0.3) is 0 Å². The second kappa shape index (κ2) is 5.25. The number of carbonyl (C=O) groups excluding carboxylic acids is 3. The summed E-state index contributed by atoms with van der Waals surface area (Å²) in [5, 5.41) is 11.4. The van der Waals surface area contributed by atoms with Gasteiger partial charge >= 0.3 is 11.7 Å². The Morgan fingerprint density at radius 3 is 2.26 bits per heavy atom. The van der Waals surface area contributed by atoms with E-state index >= 15 is 0 Å². The molecular weight excluding hydrogens is 352 g/mol. The maximum atomic E-state index is 13.1. The van der Waals surface area contributed by atoms with Gasteiger partial charge in [0.15, 0.2) is 0 Å². The molecule has 138 valence electrons. The van der Waals surface area contributed by atoms with Crippen LogP contribution in [-0.4, -0.2) is 22.7 Å². The highest BCUT2D eigenvalue weighted by Gasteiger charge is 2.67. The highest BCUT2D eigenvalue weighted by Crippen LogP contribution is 2.65. The molecule has 1 aromatic carbocycles. The Morgan fingerprint density at radius 2 is 1.74 bits per heavy atom. The summed E-state index contributed by atoms with van der Waals surface area (Å²) in [4.78, 5) is 49.0. The number of hydrogen-bond acceptors (Lipinski definition) is 6. The number of allylic oxidation sites excluding steroid dienone is 2. The van der Waals surface area contributed by atoms with Gasteiger partial charge in [0, 0.05) is 13.0 Å². The van der Waals surface area contributed by atoms with Crippen LogP contribution in [0.3, 0.4) is 0 Å². The number of rotatable bonds is 3. The predicted molar refractivity (Wildman–Crippen MR) is 91.6 cm³/mol. The molecule has 0 N–H and O–H groups in total. The van der Waals surface area contributed by atoms with Crippen LogP contribution in [0.2, 0.25) is 0 Å². The summed E-state index contributed by atoms with van der Waals surface area (Å²) in [5.41, 5.74) is -0.308. The topological polar surface area (TPSA) is 107 Å². The van der Waals surface area contributed by atoms with E-state index in [-0.39, 0.29) is 46.9 Å². The molecule has 0 unspecified atom stereocenters. The number of amides is 2. The lowest BCUT2D eigenvalue weighted by atomic mass is 9.63. The molecule has 1 heterocycles. The molecule has 2 bridgehead atoms. The largest absolute Gasteiger partial charge is 0.419 e. The van der Waals surface area contributed by atoms with Crippen molar-refractivity contribution in [2.75, 3.05) is 4.90 Å². The van der Waals surface area contributed by atoms with Crippen molar-refractivity contribution in [1.82, 2.24) is 0 Å². The van der Waals surface area contributed by atoms with Gasteiger partial charge in [-0.3, -0.25) is 24.5 Å². The van der Waals surface area contributed by atoms with Gasteiger partial charge in [-0.2, -0.15) is 0 Å². The lowest BCUT2D eigenvalue weighted by Crippen LogP contribution is -2.40. The minimum atomic E-state index is -0.694. The van der Waals surface area contributed by atoms with Crippen LogP contribution in [0.5, 0.6) is 5.75 Å². The summed E-state index contributed by atoms with van der Waals surface area (Å²) in [7, 11) is 0. The second-order valence-corrected chi connectivity index (χ2v) is 7.67. The molecular formula is C19H16N2O6. The summed E-state index contributed by atoms with van der Waals surface area (Å²) in [5.74, 6) is -1.08. The van der Waals surface area contributed by atoms with Crippen molar-refractivity contribution in [2.45, 2.75) is 13.3 Å². The van der Waals surface area contributed by atoms with Gasteiger partial charge in [0.2, 0.25) is 17.6 Å². The van der Waals surface area contributed by atoms with Crippen LogP contribution in [0.1, 0.15) is 13.3 Å². The average Bonchev–Trinajstić information content (AvgIpc) is 3.39. The first-order valence-corrected chi connectivity index (χ1v) is 8.91. The van der Waals surface area contributed by atoms with Gasteiger partial charge < -0.3 is 4.74 Å². The maximum absolute atomic E-state index is 13.1. The number of esters is 1. The molecule has 4 aliphatic carbocycles. The fourth-order valence-corrected chi connectivity index (χ4v) is 5.24. The quantitative estimate of drug-likeness (QED) is 0.202. The predicted octanol–water partition coefficient (Wildman–Crippen LogP) is 2.08. The average molecular weight is 368 g/mol. The van der Waals surface area contributed by atoms with Gasteiger partial charge in [-0.25, -0.2) is 4.90 Å². The van der Waals surface area contributed by atoms with Gasteiger partial charge in [0.1, 0.15) is 0 Å². The standard InChI is InChI=1S/C19H16N2O6/c1-8(22)27-15-5-2-9(6-14(15)21(25)26)20-18(23)16-10-3-4-11(13-7-12(10)13)17(16)19(20)24/h2-6,10-13,16-17H,7H2,1H3/t10-,11-,12-,13+,16-,17+/m1/s1. The van der Waals surface area contributed by atoms with Crippen molar-refractivity contribution < 1.29 is 24.0 Å². The zero-order valence-electron chi connectivity index (χ0n) is 14.4. The fraction of sp³-hybridized carbons (Fsp3) is 0.421. The Labute approximate surface area is 153 Å². The van der Waals surface area contributed by atoms with Crippen molar-refractivity contribution in [3.8, 4) is 5.75 Å². The number of nitrogens with zero attached hydrogens (tertiary/aromatic N) is 2. The molecule has 6 rings (SSSR count). The minimum absolute atomic E-state index is 0.0850. The van der Waals surface area contributed by atoms with Crippen molar-refractivity contribution in [3.05, 3.63) is 40.5 Å². The molecule has 0 aromatic heterocycles. The number of nitro benzene ring substituents is 1. The van der Waals surface area contributed by atoms with Gasteiger partial charge in [-0.15, -0.1) is 0 Å². The Balaban J connectivity index is 1.53. The molecule has 0 radical (unpaired) electrons. The number of anilines is 1. The van der Waals surface area contributed by atoms with Crippen LogP contribution >= 0.6 is 0 Å². The SMILES string of the molecule is CC(=O)Oc1ccc(N2C(=O)[C@@H]3[C@@H]4C=C[C@H]([C@@H]5C[C@H]45)[C@@H]3C2=O)cc1[N+](=O)[O-]. The van der Waals surface area contributed by atoms with E-state index in [0.717, 1.165) is 24.3 Å². The first-order valence-electron chi connectivity index (χ1n) is 8.91. The number of ether oxygens (including phenoxy) is 1. The Hall–Kier alpha value is -3.03. The zero-order valence-corrected chi connectivity index (χ0v) is 14.4. The molecule has 3 fully saturated rings. The van der Waals surface area contributed by atoms with Crippen molar-refractivity contribution in [1.29, 1.82) is 0 Å². The minimum Gasteiger partial charge on any atom is -0.419 e. The third-order valence-electron chi connectivity index (χ3n) is 6.31. The van der Waals surface area contributed by atoms with E-state index < -0.39 is 16.6 Å². The molecule has 8 nitrogen and oxygen atoms in total. The van der Waals surface area contributed by atoms with E-state index in [1.807, 2.05) is 0 Å². The zero-order chi connectivity index (χ0) is 19.0. The second-order valence-electron chi connectivity index (χ2n) is 7.67. The molecule has 2 saturated carbocycles. The van der Waals surface area contributed by atoms with Crippen LogP contribution < -0.4 is 9.64 Å². The molecule has 2 amide bonds. The lowest BCUT2D eigenvalue weighted by molar-refractivity contribution is -0.385. The van der Waals surface area contributed by atoms with Crippen molar-refractivity contribution in [3.63, 3.8) is 0 Å². The van der Waals surface area contributed by atoms with E-state index in [9.17, 15) is 24.5 Å². The molecule has 6 atom stereocenters. The van der Waals surface area contributed by atoms with E-state index in [4.69, 9.17) is 4.74 Å². The molecule has 8 heteroatoms. The summed E-state index contributed by atoms with van der Waals surface area (Å²) >= 11 is 0. The van der Waals surface area contributed by atoms with Gasteiger partial charge in [-0.1, -0.05) is 12.2 Å². The molecule has 1 saturated heterocycles. The van der Waals surface area contributed by atoms with Crippen LogP contribution in [0.4, 0.5) is 11.4 Å². The van der Waals surface area contributed by atoms with E-state index in [1.54, 1.807) is 0 Å².